The molecule has 0 aliphatic carbocycles. The fourth-order valence-electron chi connectivity index (χ4n) is 1.05. The maximum atomic E-state index is 11.3. The number of ketones is 1. The zero-order valence-electron chi connectivity index (χ0n) is 7.23. The van der Waals surface area contributed by atoms with Gasteiger partial charge in [-0.25, -0.2) is 0 Å². The molecule has 1 aromatic rings. The van der Waals surface area contributed by atoms with E-state index in [1.807, 2.05) is 0 Å². The Morgan fingerprint density at radius 2 is 2.08 bits per heavy atom. The van der Waals surface area contributed by atoms with Gasteiger partial charge in [0.25, 0.3) is 0 Å². The summed E-state index contributed by atoms with van der Waals surface area (Å²) in [7, 11) is 0. The van der Waals surface area contributed by atoms with E-state index in [2.05, 4.69) is 0 Å². The molecule has 0 saturated heterocycles. The molecule has 1 N–H and O–H groups in total. The fourth-order valence-corrected chi connectivity index (χ4v) is 1.05. The lowest BCUT2D eigenvalue weighted by Crippen LogP contribution is -2.17. The Labute approximate surface area is 76.0 Å². The van der Waals surface area contributed by atoms with E-state index in [4.69, 9.17) is 5.11 Å². The standard InChI is InChI=1S/C10H10O3/c1-7(12)10(13)9-5-3-2-4-8(9)6-11/h2-7,12H,1H3. The summed E-state index contributed by atoms with van der Waals surface area (Å²) in [6, 6.07) is 6.40. The van der Waals surface area contributed by atoms with Gasteiger partial charge in [-0.2, -0.15) is 0 Å². The Balaban J connectivity index is 3.13. The van der Waals surface area contributed by atoms with Crippen molar-refractivity contribution in [1.82, 2.24) is 0 Å². The molecule has 1 atom stereocenters. The third-order valence-corrected chi connectivity index (χ3v) is 1.73. The van der Waals surface area contributed by atoms with E-state index in [9.17, 15) is 9.59 Å². The number of aliphatic hydroxyl groups is 1. The van der Waals surface area contributed by atoms with Crippen LogP contribution in [0.1, 0.15) is 27.6 Å². The van der Waals surface area contributed by atoms with E-state index < -0.39 is 11.9 Å². The molecule has 1 rings (SSSR count). The third-order valence-electron chi connectivity index (χ3n) is 1.73. The van der Waals surface area contributed by atoms with Gasteiger partial charge in [-0.1, -0.05) is 24.3 Å². The molecule has 0 bridgehead atoms. The predicted octanol–water partition coefficient (Wildman–Crippen LogP) is 1.06. The van der Waals surface area contributed by atoms with Crippen LogP contribution in [0.25, 0.3) is 0 Å². The molecule has 3 heteroatoms. The first-order chi connectivity index (χ1) is 6.16. The number of carbonyl (C=O) groups is 2. The van der Waals surface area contributed by atoms with Gasteiger partial charge in [0.2, 0.25) is 0 Å². The lowest BCUT2D eigenvalue weighted by molar-refractivity contribution is 0.0777. The molecule has 0 fully saturated rings. The Kier molecular flexibility index (Phi) is 2.93. The minimum absolute atomic E-state index is 0.271. The summed E-state index contributed by atoms with van der Waals surface area (Å²) in [6.45, 7) is 1.38. The molecule has 0 aliphatic rings. The van der Waals surface area contributed by atoms with Gasteiger partial charge in [0, 0.05) is 11.1 Å². The topological polar surface area (TPSA) is 54.4 Å². The van der Waals surface area contributed by atoms with Crippen molar-refractivity contribution in [2.45, 2.75) is 13.0 Å². The number of aldehydes is 1. The van der Waals surface area contributed by atoms with Crippen LogP contribution < -0.4 is 0 Å². The SMILES string of the molecule is CC(O)C(=O)c1ccccc1C=O. The van der Waals surface area contributed by atoms with Crippen LogP contribution >= 0.6 is 0 Å². The summed E-state index contributed by atoms with van der Waals surface area (Å²) in [4.78, 5) is 21.8. The summed E-state index contributed by atoms with van der Waals surface area (Å²) < 4.78 is 0. The van der Waals surface area contributed by atoms with Crippen molar-refractivity contribution in [2.75, 3.05) is 0 Å². The molecule has 13 heavy (non-hydrogen) atoms. The van der Waals surface area contributed by atoms with E-state index in [0.29, 0.717) is 11.8 Å². The molecule has 0 aliphatic heterocycles. The van der Waals surface area contributed by atoms with Gasteiger partial charge < -0.3 is 5.11 Å². The van der Waals surface area contributed by atoms with Gasteiger partial charge in [-0.15, -0.1) is 0 Å². The highest BCUT2D eigenvalue weighted by Gasteiger charge is 2.14. The molecule has 0 saturated carbocycles. The minimum atomic E-state index is -1.07. The quantitative estimate of drug-likeness (QED) is 0.556. The van der Waals surface area contributed by atoms with Crippen LogP contribution in [0.2, 0.25) is 0 Å². The normalized spacial score (nSPS) is 12.2. The molecule has 0 amide bonds. The highest BCUT2D eigenvalue weighted by molar-refractivity contribution is 6.04. The van der Waals surface area contributed by atoms with Gasteiger partial charge in [-0.3, -0.25) is 9.59 Å². The molecule has 0 radical (unpaired) electrons. The van der Waals surface area contributed by atoms with Crippen LogP contribution in [0.15, 0.2) is 24.3 Å². The molecule has 0 heterocycles. The minimum Gasteiger partial charge on any atom is -0.385 e. The Morgan fingerprint density at radius 1 is 1.46 bits per heavy atom. The van der Waals surface area contributed by atoms with E-state index in [1.54, 1.807) is 18.2 Å². The van der Waals surface area contributed by atoms with Crippen molar-refractivity contribution in [3.63, 3.8) is 0 Å². The summed E-state index contributed by atoms with van der Waals surface area (Å²) in [5, 5.41) is 9.03. The van der Waals surface area contributed by atoms with E-state index in [-0.39, 0.29) is 5.56 Å². The van der Waals surface area contributed by atoms with Crippen LogP contribution in [0.5, 0.6) is 0 Å². The second-order valence-electron chi connectivity index (χ2n) is 2.75. The lowest BCUT2D eigenvalue weighted by Gasteiger charge is -2.04. The second-order valence-corrected chi connectivity index (χ2v) is 2.75. The summed E-state index contributed by atoms with van der Waals surface area (Å²) >= 11 is 0. The van der Waals surface area contributed by atoms with Crippen molar-refractivity contribution in [3.8, 4) is 0 Å². The Morgan fingerprint density at radius 3 is 2.62 bits per heavy atom. The average Bonchev–Trinajstić information content (AvgIpc) is 2.16. The monoisotopic (exact) mass is 178 g/mol. The number of rotatable bonds is 3. The molecule has 1 unspecified atom stereocenters. The second kappa shape index (κ2) is 3.96. The molecule has 3 nitrogen and oxygen atoms in total. The number of hydrogen-bond donors (Lipinski definition) is 1. The van der Waals surface area contributed by atoms with Crippen molar-refractivity contribution in [3.05, 3.63) is 35.4 Å². The first-order valence-electron chi connectivity index (χ1n) is 3.93. The molecule has 68 valence electrons. The first-order valence-corrected chi connectivity index (χ1v) is 3.93. The lowest BCUT2D eigenvalue weighted by atomic mass is 10.0. The summed E-state index contributed by atoms with van der Waals surface area (Å²) in [5.41, 5.74) is 0.584. The Hall–Kier alpha value is -1.48. The van der Waals surface area contributed by atoms with Crippen LogP contribution in [-0.4, -0.2) is 23.3 Å². The highest BCUT2D eigenvalue weighted by atomic mass is 16.3. The summed E-state index contributed by atoms with van der Waals surface area (Å²) in [6.07, 6.45) is -0.462. The van der Waals surface area contributed by atoms with Crippen LogP contribution in [0.4, 0.5) is 0 Å². The van der Waals surface area contributed by atoms with Crippen molar-refractivity contribution in [2.24, 2.45) is 0 Å². The zero-order chi connectivity index (χ0) is 9.84. The zero-order valence-corrected chi connectivity index (χ0v) is 7.23. The fraction of sp³-hybridized carbons (Fsp3) is 0.200. The smallest absolute Gasteiger partial charge is 0.191 e. The van der Waals surface area contributed by atoms with Crippen molar-refractivity contribution < 1.29 is 14.7 Å². The average molecular weight is 178 g/mol. The number of carbonyl (C=O) groups excluding carboxylic acids is 2. The van der Waals surface area contributed by atoms with Crippen LogP contribution in [-0.2, 0) is 0 Å². The number of aliphatic hydroxyl groups excluding tert-OH is 1. The van der Waals surface area contributed by atoms with Crippen LogP contribution in [0.3, 0.4) is 0 Å². The van der Waals surface area contributed by atoms with Crippen molar-refractivity contribution >= 4 is 12.1 Å². The maximum Gasteiger partial charge on any atom is 0.191 e. The highest BCUT2D eigenvalue weighted by Crippen LogP contribution is 2.08. The van der Waals surface area contributed by atoms with E-state index >= 15 is 0 Å². The van der Waals surface area contributed by atoms with Crippen molar-refractivity contribution in [1.29, 1.82) is 0 Å². The Bertz CT molecular complexity index is 329. The third kappa shape index (κ3) is 2.00. The maximum absolute atomic E-state index is 11.3. The van der Waals surface area contributed by atoms with E-state index in [0.717, 1.165) is 0 Å². The van der Waals surface area contributed by atoms with Crippen LogP contribution in [0, 0.1) is 0 Å². The molecule has 1 aromatic carbocycles. The van der Waals surface area contributed by atoms with Gasteiger partial charge >= 0.3 is 0 Å². The first kappa shape index (κ1) is 9.61. The number of benzene rings is 1. The largest absolute Gasteiger partial charge is 0.385 e. The molecule has 0 aromatic heterocycles. The van der Waals surface area contributed by atoms with E-state index in [1.165, 1.54) is 13.0 Å². The van der Waals surface area contributed by atoms with Gasteiger partial charge in [0.1, 0.15) is 6.10 Å². The summed E-state index contributed by atoms with van der Waals surface area (Å²) in [5.74, 6) is -0.428. The molecule has 0 spiro atoms. The van der Waals surface area contributed by atoms with Gasteiger partial charge in [0.15, 0.2) is 12.1 Å². The van der Waals surface area contributed by atoms with Gasteiger partial charge in [-0.05, 0) is 6.92 Å². The number of hydrogen-bond acceptors (Lipinski definition) is 3. The number of Topliss-reactive ketones (excluding diaryl/α,β-unsaturated/α-hetero) is 1. The predicted molar refractivity (Wildman–Crippen MR) is 47.8 cm³/mol. The molecular formula is C10H10O3. The molecular weight excluding hydrogens is 168 g/mol. The van der Waals surface area contributed by atoms with Gasteiger partial charge in [0.05, 0.1) is 0 Å².